The molecule has 1 saturated carbocycles. The van der Waals surface area contributed by atoms with Crippen molar-refractivity contribution in [1.29, 1.82) is 0 Å². The molecule has 2 heterocycles. The summed E-state index contributed by atoms with van der Waals surface area (Å²) in [5.74, 6) is 0.398. The third-order valence-corrected chi connectivity index (χ3v) is 5.70. The summed E-state index contributed by atoms with van der Waals surface area (Å²) in [7, 11) is 0. The number of fused-ring (bicyclic) bond motifs is 3. The Bertz CT molecular complexity index is 599. The summed E-state index contributed by atoms with van der Waals surface area (Å²) >= 11 is 1.62. The summed E-state index contributed by atoms with van der Waals surface area (Å²) in [6.45, 7) is 0. The first kappa shape index (κ1) is 13.2. The van der Waals surface area contributed by atoms with E-state index in [1.54, 1.807) is 23.9 Å². The number of nitrogens with zero attached hydrogens (tertiary/aromatic N) is 1. The molecule has 3 fully saturated rings. The number of hydrogen-bond acceptors (Lipinski definition) is 4. The quantitative estimate of drug-likeness (QED) is 0.783. The van der Waals surface area contributed by atoms with Crippen LogP contribution in [0.5, 0.6) is 5.75 Å². The first-order chi connectivity index (χ1) is 10.2. The van der Waals surface area contributed by atoms with Crippen molar-refractivity contribution in [1.82, 2.24) is 10.2 Å². The molecule has 0 spiro atoms. The minimum absolute atomic E-state index is 0.106. The van der Waals surface area contributed by atoms with Crippen molar-refractivity contribution in [3.63, 3.8) is 0 Å². The van der Waals surface area contributed by atoms with Gasteiger partial charge in [-0.2, -0.15) is 0 Å². The van der Waals surface area contributed by atoms with Gasteiger partial charge >= 0.3 is 0 Å². The molecule has 4 rings (SSSR count). The van der Waals surface area contributed by atoms with Crippen LogP contribution in [0.4, 0.5) is 0 Å². The van der Waals surface area contributed by atoms with Crippen LogP contribution in [0.3, 0.4) is 0 Å². The van der Waals surface area contributed by atoms with E-state index in [2.05, 4.69) is 5.32 Å². The number of hydrogen-bond donors (Lipinski definition) is 2. The van der Waals surface area contributed by atoms with Gasteiger partial charge in [-0.25, -0.2) is 0 Å². The number of carbonyl (C=O) groups excluding carboxylic acids is 1. The van der Waals surface area contributed by atoms with Crippen LogP contribution in [0.15, 0.2) is 29.2 Å². The van der Waals surface area contributed by atoms with Gasteiger partial charge in [0.25, 0.3) is 5.91 Å². The Balaban J connectivity index is 1.58. The van der Waals surface area contributed by atoms with Crippen molar-refractivity contribution in [2.75, 3.05) is 0 Å². The highest BCUT2D eigenvalue weighted by Crippen LogP contribution is 2.43. The zero-order valence-corrected chi connectivity index (χ0v) is 12.5. The summed E-state index contributed by atoms with van der Waals surface area (Å²) in [6, 6.07) is 7.80. The number of nitrogens with one attached hydrogen (secondary N) is 1. The molecule has 21 heavy (non-hydrogen) atoms. The number of rotatable bonds is 1. The molecular formula is C16H18N2O2S. The lowest BCUT2D eigenvalue weighted by atomic mass is 9.91. The van der Waals surface area contributed by atoms with Gasteiger partial charge in [-0.1, -0.05) is 36.7 Å². The fourth-order valence-corrected chi connectivity index (χ4v) is 4.80. The Hall–Kier alpha value is -1.46. The number of amides is 1. The van der Waals surface area contributed by atoms with E-state index in [0.717, 1.165) is 16.9 Å². The minimum atomic E-state index is 0.106. The Morgan fingerprint density at radius 1 is 1.24 bits per heavy atom. The fraction of sp³-hybridized carbons (Fsp3) is 0.438. The molecule has 2 N–H and O–H groups in total. The molecule has 0 radical (unpaired) electrons. The van der Waals surface area contributed by atoms with E-state index in [1.165, 1.54) is 19.3 Å². The maximum atomic E-state index is 12.7. The molecule has 2 saturated heterocycles. The number of carbonyl (C=O) groups is 1. The summed E-state index contributed by atoms with van der Waals surface area (Å²) < 4.78 is 0. The molecule has 3 aliphatic rings. The van der Waals surface area contributed by atoms with E-state index in [0.29, 0.717) is 12.1 Å². The second-order valence-electron chi connectivity index (χ2n) is 5.91. The molecule has 3 atom stereocenters. The number of phenols is 1. The Morgan fingerprint density at radius 3 is 2.81 bits per heavy atom. The lowest BCUT2D eigenvalue weighted by Gasteiger charge is -2.29. The Labute approximate surface area is 128 Å². The van der Waals surface area contributed by atoms with Gasteiger partial charge in [0.2, 0.25) is 0 Å². The van der Waals surface area contributed by atoms with E-state index in [9.17, 15) is 9.90 Å². The van der Waals surface area contributed by atoms with Crippen LogP contribution in [-0.4, -0.2) is 33.5 Å². The maximum Gasteiger partial charge on any atom is 0.262 e. The zero-order chi connectivity index (χ0) is 14.4. The average Bonchev–Trinajstić information content (AvgIpc) is 2.99. The predicted octanol–water partition coefficient (Wildman–Crippen LogP) is 2.51. The number of thioether (sulfide) groups is 1. The van der Waals surface area contributed by atoms with Gasteiger partial charge in [-0.3, -0.25) is 10.1 Å². The van der Waals surface area contributed by atoms with Gasteiger partial charge < -0.3 is 10.0 Å². The molecule has 1 aromatic rings. The van der Waals surface area contributed by atoms with Crippen LogP contribution in [0.2, 0.25) is 0 Å². The molecule has 4 nitrogen and oxygen atoms in total. The van der Waals surface area contributed by atoms with Crippen LogP contribution in [0.1, 0.15) is 31.2 Å². The van der Waals surface area contributed by atoms with Crippen molar-refractivity contribution >= 4 is 23.7 Å². The standard InChI is InChI=1S/C16H18N2O2S/c19-11-7-5-10(6-8-11)9-14-15(20)18-13-4-2-1-3-12(13)17-16(18)21-14/h5-9,12-13,16-17,19H,1-4H2. The summed E-state index contributed by atoms with van der Waals surface area (Å²) in [4.78, 5) is 15.5. The molecule has 5 heteroatoms. The molecule has 0 bridgehead atoms. The molecule has 110 valence electrons. The lowest BCUT2D eigenvalue weighted by molar-refractivity contribution is -0.127. The van der Waals surface area contributed by atoms with Gasteiger partial charge in [0.15, 0.2) is 0 Å². The highest BCUT2D eigenvalue weighted by Gasteiger charge is 2.49. The van der Waals surface area contributed by atoms with E-state index in [1.807, 2.05) is 23.1 Å². The van der Waals surface area contributed by atoms with Crippen LogP contribution in [-0.2, 0) is 4.79 Å². The van der Waals surface area contributed by atoms with Crippen molar-refractivity contribution < 1.29 is 9.90 Å². The van der Waals surface area contributed by atoms with Crippen LogP contribution < -0.4 is 5.32 Å². The van der Waals surface area contributed by atoms with Crippen molar-refractivity contribution in [2.45, 2.75) is 43.3 Å². The topological polar surface area (TPSA) is 52.6 Å². The normalized spacial score (nSPS) is 33.3. The van der Waals surface area contributed by atoms with Gasteiger partial charge in [0, 0.05) is 12.1 Å². The highest BCUT2D eigenvalue weighted by molar-refractivity contribution is 8.05. The Morgan fingerprint density at radius 2 is 2.00 bits per heavy atom. The molecule has 1 aromatic carbocycles. The van der Waals surface area contributed by atoms with E-state index < -0.39 is 0 Å². The molecule has 1 amide bonds. The number of aromatic hydroxyl groups is 1. The molecule has 3 unspecified atom stereocenters. The van der Waals surface area contributed by atoms with Gasteiger partial charge in [0.05, 0.1) is 4.91 Å². The first-order valence-electron chi connectivity index (χ1n) is 7.48. The Kier molecular flexibility index (Phi) is 3.19. The van der Waals surface area contributed by atoms with Crippen molar-refractivity contribution in [3.8, 4) is 5.75 Å². The minimum Gasteiger partial charge on any atom is -0.508 e. The zero-order valence-electron chi connectivity index (χ0n) is 11.7. The third-order valence-electron chi connectivity index (χ3n) is 4.57. The van der Waals surface area contributed by atoms with Gasteiger partial charge in [-0.05, 0) is 36.6 Å². The predicted molar refractivity (Wildman–Crippen MR) is 83.5 cm³/mol. The number of phenolic OH excluding ortho intramolecular Hbond substituents is 1. The SMILES string of the molecule is O=C1C(=Cc2ccc(O)cc2)SC2NC3CCCCC3N12. The van der Waals surface area contributed by atoms with Gasteiger partial charge in [-0.15, -0.1) is 0 Å². The van der Waals surface area contributed by atoms with Crippen LogP contribution in [0.25, 0.3) is 6.08 Å². The summed E-state index contributed by atoms with van der Waals surface area (Å²) in [5.41, 5.74) is 1.05. The summed E-state index contributed by atoms with van der Waals surface area (Å²) in [6.07, 6.45) is 6.71. The van der Waals surface area contributed by atoms with Crippen LogP contribution in [0, 0.1) is 0 Å². The van der Waals surface area contributed by atoms with E-state index in [4.69, 9.17) is 0 Å². The second kappa shape index (κ2) is 5.07. The molecule has 2 aliphatic heterocycles. The monoisotopic (exact) mass is 302 g/mol. The smallest absolute Gasteiger partial charge is 0.262 e. The van der Waals surface area contributed by atoms with E-state index in [-0.39, 0.29) is 17.2 Å². The fourth-order valence-electron chi connectivity index (χ4n) is 3.54. The highest BCUT2D eigenvalue weighted by atomic mass is 32.2. The molecular weight excluding hydrogens is 284 g/mol. The van der Waals surface area contributed by atoms with E-state index >= 15 is 0 Å². The largest absolute Gasteiger partial charge is 0.508 e. The maximum absolute atomic E-state index is 12.7. The first-order valence-corrected chi connectivity index (χ1v) is 8.36. The molecule has 1 aliphatic carbocycles. The second-order valence-corrected chi connectivity index (χ2v) is 7.03. The molecule has 0 aromatic heterocycles. The third kappa shape index (κ3) is 2.24. The summed E-state index contributed by atoms with van der Waals surface area (Å²) in [5, 5.41) is 12.9. The van der Waals surface area contributed by atoms with Gasteiger partial charge in [0.1, 0.15) is 11.2 Å². The van der Waals surface area contributed by atoms with Crippen molar-refractivity contribution in [3.05, 3.63) is 34.7 Å². The van der Waals surface area contributed by atoms with Crippen molar-refractivity contribution in [2.24, 2.45) is 0 Å². The number of benzene rings is 1. The lowest BCUT2D eigenvalue weighted by Crippen LogP contribution is -2.40. The van der Waals surface area contributed by atoms with Crippen LogP contribution >= 0.6 is 11.8 Å². The average molecular weight is 302 g/mol.